The van der Waals surface area contributed by atoms with Crippen LogP contribution in [0.25, 0.3) is 11.3 Å². The monoisotopic (exact) mass is 362 g/mol. The molecule has 3 heterocycles. The summed E-state index contributed by atoms with van der Waals surface area (Å²) in [7, 11) is 0. The zero-order valence-corrected chi connectivity index (χ0v) is 14.8. The molecule has 5 rings (SSSR count). The summed E-state index contributed by atoms with van der Waals surface area (Å²) in [4.78, 5) is 19.2. The topological polar surface area (TPSA) is 64.8 Å². The molecule has 2 aromatic carbocycles. The highest BCUT2D eigenvalue weighted by molar-refractivity contribution is 6.09. The summed E-state index contributed by atoms with van der Waals surface area (Å²) in [6.07, 6.45) is 1.31. The van der Waals surface area contributed by atoms with Crippen LogP contribution < -0.4 is 14.4 Å². The fourth-order valence-electron chi connectivity index (χ4n) is 3.73. The lowest BCUT2D eigenvalue weighted by atomic mass is 10.0. The highest BCUT2D eigenvalue weighted by Crippen LogP contribution is 2.39. The molecule has 0 fully saturated rings. The number of aromatic nitrogens is 1. The molecular formula is C21H18N2O4. The third kappa shape index (κ3) is 2.56. The quantitative estimate of drug-likeness (QED) is 0.692. The second-order valence-corrected chi connectivity index (χ2v) is 6.76. The van der Waals surface area contributed by atoms with Crippen LogP contribution in [0.15, 0.2) is 53.3 Å². The first-order valence-electron chi connectivity index (χ1n) is 8.96. The van der Waals surface area contributed by atoms with Crippen molar-refractivity contribution in [3.63, 3.8) is 0 Å². The lowest BCUT2D eigenvalue weighted by Gasteiger charge is -2.19. The van der Waals surface area contributed by atoms with Crippen LogP contribution in [0.5, 0.6) is 11.5 Å². The first-order valence-corrected chi connectivity index (χ1v) is 8.96. The van der Waals surface area contributed by atoms with Gasteiger partial charge in [-0.3, -0.25) is 4.79 Å². The number of hydrogen-bond acceptors (Lipinski definition) is 5. The smallest absolute Gasteiger partial charge is 0.280 e. The van der Waals surface area contributed by atoms with Crippen molar-refractivity contribution in [2.45, 2.75) is 12.8 Å². The van der Waals surface area contributed by atoms with E-state index in [0.717, 1.165) is 11.3 Å². The largest absolute Gasteiger partial charge is 0.486 e. The van der Waals surface area contributed by atoms with Gasteiger partial charge in [0.2, 0.25) is 0 Å². The predicted octanol–water partition coefficient (Wildman–Crippen LogP) is 3.88. The van der Waals surface area contributed by atoms with Crippen molar-refractivity contribution in [1.82, 2.24) is 4.98 Å². The van der Waals surface area contributed by atoms with Crippen LogP contribution in [-0.2, 0) is 0 Å². The Labute approximate surface area is 156 Å². The Kier molecular flexibility index (Phi) is 3.63. The molecule has 1 unspecified atom stereocenters. The van der Waals surface area contributed by atoms with Gasteiger partial charge in [0.25, 0.3) is 5.91 Å². The Morgan fingerprint density at radius 3 is 2.81 bits per heavy atom. The van der Waals surface area contributed by atoms with Gasteiger partial charge in [-0.2, -0.15) is 0 Å². The number of rotatable bonds is 2. The van der Waals surface area contributed by atoms with Crippen LogP contribution >= 0.6 is 0 Å². The van der Waals surface area contributed by atoms with Gasteiger partial charge in [-0.25, -0.2) is 4.98 Å². The van der Waals surface area contributed by atoms with Crippen LogP contribution in [0.2, 0.25) is 0 Å². The molecule has 2 aliphatic heterocycles. The van der Waals surface area contributed by atoms with Gasteiger partial charge < -0.3 is 18.8 Å². The van der Waals surface area contributed by atoms with Crippen LogP contribution in [0.1, 0.15) is 28.9 Å². The molecule has 1 amide bonds. The summed E-state index contributed by atoms with van der Waals surface area (Å²) < 4.78 is 16.8. The van der Waals surface area contributed by atoms with E-state index in [9.17, 15) is 4.79 Å². The van der Waals surface area contributed by atoms with E-state index in [-0.39, 0.29) is 11.8 Å². The number of carbonyl (C=O) groups excluding carboxylic acids is 1. The molecule has 6 nitrogen and oxygen atoms in total. The number of benzene rings is 2. The fourth-order valence-corrected chi connectivity index (χ4v) is 3.73. The molecule has 6 heteroatoms. The molecule has 0 spiro atoms. The fraction of sp³-hybridized carbons (Fsp3) is 0.238. The van der Waals surface area contributed by atoms with Crippen molar-refractivity contribution in [3.8, 4) is 22.8 Å². The molecule has 2 aliphatic rings. The normalized spacial score (nSPS) is 17.7. The lowest BCUT2D eigenvalue weighted by molar-refractivity contribution is 0.0984. The molecule has 0 bridgehead atoms. The van der Waals surface area contributed by atoms with Gasteiger partial charge in [0.05, 0.1) is 0 Å². The molecular weight excluding hydrogens is 344 g/mol. The molecule has 1 atom stereocenters. The third-order valence-corrected chi connectivity index (χ3v) is 5.03. The highest BCUT2D eigenvalue weighted by atomic mass is 16.6. The molecule has 0 N–H and O–H groups in total. The van der Waals surface area contributed by atoms with E-state index < -0.39 is 0 Å². The lowest BCUT2D eigenvalue weighted by Crippen LogP contribution is -2.30. The molecule has 0 saturated heterocycles. The summed E-state index contributed by atoms with van der Waals surface area (Å²) in [6.45, 7) is 3.79. The van der Waals surface area contributed by atoms with Gasteiger partial charge in [0.15, 0.2) is 29.3 Å². The van der Waals surface area contributed by atoms with E-state index in [4.69, 9.17) is 13.9 Å². The van der Waals surface area contributed by atoms with Crippen molar-refractivity contribution in [2.24, 2.45) is 0 Å². The molecule has 136 valence electrons. The average Bonchev–Trinajstić information content (AvgIpc) is 3.33. The van der Waals surface area contributed by atoms with Crippen molar-refractivity contribution in [1.29, 1.82) is 0 Å². The number of amides is 1. The minimum absolute atomic E-state index is 0.162. The summed E-state index contributed by atoms with van der Waals surface area (Å²) in [5.74, 6) is 1.91. The number of fused-ring (bicyclic) bond motifs is 2. The van der Waals surface area contributed by atoms with E-state index in [1.165, 1.54) is 12.0 Å². The Hall–Kier alpha value is -3.28. The van der Waals surface area contributed by atoms with Gasteiger partial charge in [0.1, 0.15) is 13.2 Å². The molecule has 0 saturated carbocycles. The number of ether oxygens (including phenoxy) is 2. The standard InChI is InChI=1S/C21H18N2O4/c1-13-11-23(16-5-3-2-4-15(13)16)21(24)19-20(27-12-22-19)14-6-7-17-18(10-14)26-9-8-25-17/h2-7,10,12-13H,8-9,11H2,1H3. The number of hydrogen-bond donors (Lipinski definition) is 0. The van der Waals surface area contributed by atoms with Crippen molar-refractivity contribution >= 4 is 11.6 Å². The maximum Gasteiger partial charge on any atom is 0.280 e. The summed E-state index contributed by atoms with van der Waals surface area (Å²) >= 11 is 0. The minimum Gasteiger partial charge on any atom is -0.486 e. The molecule has 1 aromatic heterocycles. The Bertz CT molecular complexity index is 1030. The molecule has 27 heavy (non-hydrogen) atoms. The summed E-state index contributed by atoms with van der Waals surface area (Å²) in [5, 5.41) is 0. The zero-order chi connectivity index (χ0) is 18.4. The zero-order valence-electron chi connectivity index (χ0n) is 14.8. The van der Waals surface area contributed by atoms with Crippen molar-refractivity contribution < 1.29 is 18.7 Å². The van der Waals surface area contributed by atoms with Gasteiger partial charge in [-0.05, 0) is 29.8 Å². The van der Waals surface area contributed by atoms with E-state index in [1.54, 1.807) is 4.90 Å². The van der Waals surface area contributed by atoms with E-state index in [1.807, 2.05) is 36.4 Å². The Balaban J connectivity index is 1.52. The third-order valence-electron chi connectivity index (χ3n) is 5.03. The van der Waals surface area contributed by atoms with Crippen LogP contribution in [-0.4, -0.2) is 30.6 Å². The van der Waals surface area contributed by atoms with Crippen LogP contribution in [0.4, 0.5) is 5.69 Å². The number of oxazole rings is 1. The summed E-state index contributed by atoms with van der Waals surface area (Å²) in [6, 6.07) is 13.5. The maximum absolute atomic E-state index is 13.2. The number of nitrogens with zero attached hydrogens (tertiary/aromatic N) is 2. The number of para-hydroxylation sites is 1. The van der Waals surface area contributed by atoms with Crippen molar-refractivity contribution in [2.75, 3.05) is 24.7 Å². The van der Waals surface area contributed by atoms with Gasteiger partial charge in [0, 0.05) is 23.7 Å². The first kappa shape index (κ1) is 15.9. The van der Waals surface area contributed by atoms with E-state index in [2.05, 4.69) is 18.0 Å². The van der Waals surface area contributed by atoms with E-state index >= 15 is 0 Å². The molecule has 0 radical (unpaired) electrons. The van der Waals surface area contributed by atoms with Gasteiger partial charge in [-0.1, -0.05) is 25.1 Å². The predicted molar refractivity (Wildman–Crippen MR) is 99.5 cm³/mol. The summed E-state index contributed by atoms with van der Waals surface area (Å²) in [5.41, 5.74) is 3.15. The van der Waals surface area contributed by atoms with Gasteiger partial charge in [-0.15, -0.1) is 0 Å². The molecule has 0 aliphatic carbocycles. The highest BCUT2D eigenvalue weighted by Gasteiger charge is 2.33. The number of anilines is 1. The second-order valence-electron chi connectivity index (χ2n) is 6.76. The van der Waals surface area contributed by atoms with Crippen molar-refractivity contribution in [3.05, 3.63) is 60.1 Å². The van der Waals surface area contributed by atoms with E-state index in [0.29, 0.717) is 42.7 Å². The van der Waals surface area contributed by atoms with Gasteiger partial charge >= 0.3 is 0 Å². The van der Waals surface area contributed by atoms with Crippen LogP contribution in [0, 0.1) is 0 Å². The minimum atomic E-state index is -0.162. The second kappa shape index (κ2) is 6.16. The Morgan fingerprint density at radius 2 is 1.93 bits per heavy atom. The number of carbonyl (C=O) groups is 1. The first-order chi connectivity index (χ1) is 13.2. The average molecular weight is 362 g/mol. The maximum atomic E-state index is 13.2. The van der Waals surface area contributed by atoms with Crippen LogP contribution in [0.3, 0.4) is 0 Å². The Morgan fingerprint density at radius 1 is 1.11 bits per heavy atom. The molecule has 3 aromatic rings. The SMILES string of the molecule is CC1CN(C(=O)c2ncoc2-c2ccc3c(c2)OCCO3)c2ccccc21.